The maximum atomic E-state index is 13.2. The number of methoxy groups -OCH3 is 1. The molecule has 0 radical (unpaired) electrons. The number of nitrogens with zero attached hydrogens (tertiary/aromatic N) is 2. The van der Waals surface area contributed by atoms with Gasteiger partial charge in [-0.1, -0.05) is 0 Å². The molecule has 0 saturated heterocycles. The number of carbonyl (C=O) groups excluding carboxylic acids is 1. The quantitative estimate of drug-likeness (QED) is 0.679. The zero-order valence-corrected chi connectivity index (χ0v) is 17.2. The third kappa shape index (κ3) is 3.86. The van der Waals surface area contributed by atoms with Crippen molar-refractivity contribution in [1.29, 1.82) is 0 Å². The molecule has 4 rings (SSSR count). The molecule has 154 valence electrons. The number of anilines is 2. The van der Waals surface area contributed by atoms with Crippen LogP contribution >= 0.6 is 0 Å². The molecular weight excluding hydrogens is 402 g/mol. The van der Waals surface area contributed by atoms with Crippen molar-refractivity contribution in [2.75, 3.05) is 23.3 Å². The molecule has 7 nitrogen and oxygen atoms in total. The molecule has 1 aliphatic heterocycles. The predicted octanol–water partition coefficient (Wildman–Crippen LogP) is 3.48. The number of hydrogen-bond donors (Lipinski definition) is 1. The lowest BCUT2D eigenvalue weighted by atomic mass is 10.0. The first-order chi connectivity index (χ1) is 14.5. The van der Waals surface area contributed by atoms with Gasteiger partial charge in [-0.2, -0.15) is 0 Å². The Bertz CT molecular complexity index is 1160. The van der Waals surface area contributed by atoms with Gasteiger partial charge in [-0.05, 0) is 73.0 Å². The van der Waals surface area contributed by atoms with Crippen molar-refractivity contribution >= 4 is 27.3 Å². The minimum Gasteiger partial charge on any atom is -0.497 e. The van der Waals surface area contributed by atoms with Crippen molar-refractivity contribution in [3.05, 3.63) is 78.1 Å². The number of amides is 1. The zero-order chi connectivity index (χ0) is 21.1. The first-order valence-corrected chi connectivity index (χ1v) is 10.9. The van der Waals surface area contributed by atoms with E-state index in [9.17, 15) is 13.2 Å². The molecule has 1 N–H and O–H groups in total. The average Bonchev–Trinajstić information content (AvgIpc) is 2.79. The summed E-state index contributed by atoms with van der Waals surface area (Å²) in [7, 11) is -2.16. The molecule has 3 aromatic rings. The largest absolute Gasteiger partial charge is 0.497 e. The molecule has 0 spiro atoms. The first kappa shape index (κ1) is 19.9. The summed E-state index contributed by atoms with van der Waals surface area (Å²) in [6.45, 7) is 0.406. The smallest absolute Gasteiger partial charge is 0.264 e. The third-order valence-electron chi connectivity index (χ3n) is 4.98. The lowest BCUT2D eigenvalue weighted by Gasteiger charge is -2.31. The number of ether oxygens (including phenoxy) is 1. The number of fused-ring (bicyclic) bond motifs is 1. The number of hydrogen-bond acceptors (Lipinski definition) is 5. The summed E-state index contributed by atoms with van der Waals surface area (Å²) in [6, 6.07) is 15.0. The van der Waals surface area contributed by atoms with Gasteiger partial charge in [0.15, 0.2) is 0 Å². The molecule has 0 atom stereocenters. The van der Waals surface area contributed by atoms with E-state index in [0.717, 1.165) is 12.0 Å². The Morgan fingerprint density at radius 1 is 1.13 bits per heavy atom. The van der Waals surface area contributed by atoms with Crippen molar-refractivity contribution in [1.82, 2.24) is 4.98 Å². The summed E-state index contributed by atoms with van der Waals surface area (Å²) in [5, 5.41) is 2.85. The van der Waals surface area contributed by atoms with Crippen molar-refractivity contribution in [3.63, 3.8) is 0 Å². The minimum absolute atomic E-state index is 0.213. The fraction of sp³-hybridized carbons (Fsp3) is 0.182. The number of aromatic nitrogens is 1. The molecule has 2 heterocycles. The van der Waals surface area contributed by atoms with E-state index < -0.39 is 10.0 Å². The second kappa shape index (κ2) is 8.16. The molecule has 0 fully saturated rings. The normalized spacial score (nSPS) is 13.4. The average molecular weight is 423 g/mol. The molecule has 0 aliphatic carbocycles. The van der Waals surface area contributed by atoms with E-state index in [1.165, 1.54) is 17.6 Å². The number of carbonyl (C=O) groups is 1. The van der Waals surface area contributed by atoms with Gasteiger partial charge in [0.1, 0.15) is 5.75 Å². The molecule has 8 heteroatoms. The van der Waals surface area contributed by atoms with E-state index in [1.54, 1.807) is 54.7 Å². The van der Waals surface area contributed by atoms with E-state index in [2.05, 4.69) is 10.3 Å². The molecule has 0 unspecified atom stereocenters. The summed E-state index contributed by atoms with van der Waals surface area (Å²) in [5.41, 5.74) is 2.59. The monoisotopic (exact) mass is 423 g/mol. The highest BCUT2D eigenvalue weighted by Gasteiger charge is 2.29. The van der Waals surface area contributed by atoms with Gasteiger partial charge in [-0.25, -0.2) is 8.42 Å². The van der Waals surface area contributed by atoms with E-state index >= 15 is 0 Å². The Morgan fingerprint density at radius 3 is 2.63 bits per heavy atom. The molecule has 0 saturated carbocycles. The van der Waals surface area contributed by atoms with Gasteiger partial charge in [0.05, 0.1) is 23.3 Å². The fourth-order valence-corrected chi connectivity index (χ4v) is 5.01. The van der Waals surface area contributed by atoms with E-state index in [0.29, 0.717) is 35.7 Å². The standard InChI is InChI=1S/C22H21N3O4S/c1-29-19-7-9-20(10-8-19)30(27,28)25-13-3-5-16-14-18(6-11-21(16)25)24-22(26)17-4-2-12-23-15-17/h2,4,6-12,14-15H,3,5,13H2,1H3,(H,24,26). The highest BCUT2D eigenvalue weighted by molar-refractivity contribution is 7.92. The van der Waals surface area contributed by atoms with Crippen LogP contribution in [0.2, 0.25) is 0 Å². The highest BCUT2D eigenvalue weighted by Crippen LogP contribution is 2.34. The maximum absolute atomic E-state index is 13.2. The maximum Gasteiger partial charge on any atom is 0.264 e. The molecular formula is C22H21N3O4S. The summed E-state index contributed by atoms with van der Waals surface area (Å²) in [6.07, 6.45) is 4.54. The topological polar surface area (TPSA) is 88.6 Å². The number of sulfonamides is 1. The molecule has 2 aromatic carbocycles. The van der Waals surface area contributed by atoms with Gasteiger partial charge in [0.2, 0.25) is 0 Å². The second-order valence-electron chi connectivity index (χ2n) is 6.90. The molecule has 1 amide bonds. The van der Waals surface area contributed by atoms with Gasteiger partial charge >= 0.3 is 0 Å². The Kier molecular flexibility index (Phi) is 5.41. The predicted molar refractivity (Wildman–Crippen MR) is 114 cm³/mol. The number of benzene rings is 2. The van der Waals surface area contributed by atoms with Gasteiger partial charge in [0.25, 0.3) is 15.9 Å². The number of rotatable bonds is 5. The highest BCUT2D eigenvalue weighted by atomic mass is 32.2. The third-order valence-corrected chi connectivity index (χ3v) is 6.81. The van der Waals surface area contributed by atoms with Crippen molar-refractivity contribution in [3.8, 4) is 5.75 Å². The molecule has 1 aliphatic rings. The number of nitrogens with one attached hydrogen (secondary N) is 1. The van der Waals surface area contributed by atoms with E-state index in [1.807, 2.05) is 6.07 Å². The van der Waals surface area contributed by atoms with Crippen molar-refractivity contribution in [2.45, 2.75) is 17.7 Å². The van der Waals surface area contributed by atoms with Crippen molar-refractivity contribution in [2.24, 2.45) is 0 Å². The molecule has 0 bridgehead atoms. The van der Waals surface area contributed by atoms with Crippen LogP contribution in [0.25, 0.3) is 0 Å². The van der Waals surface area contributed by atoms with Crippen LogP contribution in [0, 0.1) is 0 Å². The fourth-order valence-electron chi connectivity index (χ4n) is 3.47. The minimum atomic E-state index is -3.70. The van der Waals surface area contributed by atoms with Crippen LogP contribution in [-0.4, -0.2) is 33.0 Å². The second-order valence-corrected chi connectivity index (χ2v) is 8.76. The lowest BCUT2D eigenvalue weighted by Crippen LogP contribution is -2.35. The first-order valence-electron chi connectivity index (χ1n) is 9.50. The summed E-state index contributed by atoms with van der Waals surface area (Å²) in [5.74, 6) is 0.337. The van der Waals surface area contributed by atoms with E-state index in [-0.39, 0.29) is 10.8 Å². The molecule has 1 aromatic heterocycles. The summed E-state index contributed by atoms with van der Waals surface area (Å²) in [4.78, 5) is 16.5. The van der Waals surface area contributed by atoms with Crippen LogP contribution in [-0.2, 0) is 16.4 Å². The number of aryl methyl sites for hydroxylation is 1. The van der Waals surface area contributed by atoms with Crippen LogP contribution in [0.15, 0.2) is 71.9 Å². The SMILES string of the molecule is COc1ccc(S(=O)(=O)N2CCCc3cc(NC(=O)c4cccnc4)ccc32)cc1. The van der Waals surface area contributed by atoms with Crippen molar-refractivity contribution < 1.29 is 17.9 Å². The van der Waals surface area contributed by atoms with Crippen LogP contribution in [0.4, 0.5) is 11.4 Å². The van der Waals surface area contributed by atoms with Gasteiger partial charge in [-0.3, -0.25) is 14.1 Å². The Hall–Kier alpha value is -3.39. The Morgan fingerprint density at radius 2 is 1.93 bits per heavy atom. The summed E-state index contributed by atoms with van der Waals surface area (Å²) < 4.78 is 33.0. The summed E-state index contributed by atoms with van der Waals surface area (Å²) >= 11 is 0. The van der Waals surface area contributed by atoms with Gasteiger partial charge in [0, 0.05) is 24.6 Å². The lowest BCUT2D eigenvalue weighted by molar-refractivity contribution is 0.102. The van der Waals surface area contributed by atoms with Crippen LogP contribution in [0.5, 0.6) is 5.75 Å². The van der Waals surface area contributed by atoms with Crippen LogP contribution in [0.3, 0.4) is 0 Å². The van der Waals surface area contributed by atoms with Gasteiger partial charge in [-0.15, -0.1) is 0 Å². The zero-order valence-electron chi connectivity index (χ0n) is 16.4. The van der Waals surface area contributed by atoms with E-state index in [4.69, 9.17) is 4.74 Å². The molecule has 30 heavy (non-hydrogen) atoms. The Labute approximate surface area is 175 Å². The Balaban J connectivity index is 1.60. The van der Waals surface area contributed by atoms with Gasteiger partial charge < -0.3 is 10.1 Å². The van der Waals surface area contributed by atoms with Crippen LogP contribution < -0.4 is 14.4 Å². The van der Waals surface area contributed by atoms with Crippen LogP contribution in [0.1, 0.15) is 22.3 Å². The number of pyridine rings is 1.